The molecule has 3 N–H and O–H groups in total. The van der Waals surface area contributed by atoms with Crippen molar-refractivity contribution >= 4 is 21.6 Å². The van der Waals surface area contributed by atoms with Gasteiger partial charge in [-0.1, -0.05) is 0 Å². The number of hydrogen-bond acceptors (Lipinski definition) is 5. The highest BCUT2D eigenvalue weighted by Gasteiger charge is 2.21. The molecule has 0 unspecified atom stereocenters. The summed E-state index contributed by atoms with van der Waals surface area (Å²) in [6.07, 6.45) is -3.07. The van der Waals surface area contributed by atoms with E-state index in [0.29, 0.717) is 0 Å². The summed E-state index contributed by atoms with van der Waals surface area (Å²) >= 11 is 0. The molecule has 1 amide bonds. The van der Waals surface area contributed by atoms with Crippen LogP contribution in [0.5, 0.6) is 5.75 Å². The fraction of sp³-hybridized carbons (Fsp3) is 0.235. The van der Waals surface area contributed by atoms with E-state index in [-0.39, 0.29) is 28.4 Å². The number of amides is 1. The average molecular weight is 418 g/mol. The third-order valence-corrected chi connectivity index (χ3v) is 5.08. The van der Waals surface area contributed by atoms with Crippen molar-refractivity contribution in [1.82, 2.24) is 4.72 Å². The number of sulfonamides is 1. The third-order valence-electron chi connectivity index (χ3n) is 3.62. The molecule has 0 bridgehead atoms. The molecule has 2 rings (SSSR count). The Bertz CT molecular complexity index is 967. The molecule has 152 valence electrons. The molecule has 0 aliphatic heterocycles. The molecule has 11 heteroatoms. The SMILES string of the molecule is COc1ccc(S(=O)(=O)NCCO)cc1C(=O)Nc1ccc(F)c(C(F)F)c1. The molecule has 0 radical (unpaired) electrons. The van der Waals surface area contributed by atoms with E-state index >= 15 is 0 Å². The number of rotatable bonds is 8. The Balaban J connectivity index is 2.36. The summed E-state index contributed by atoms with van der Waals surface area (Å²) in [4.78, 5) is 12.3. The maximum absolute atomic E-state index is 13.4. The van der Waals surface area contributed by atoms with Gasteiger partial charge in [0.05, 0.1) is 29.7 Å². The predicted molar refractivity (Wildman–Crippen MR) is 94.6 cm³/mol. The third kappa shape index (κ3) is 5.00. The predicted octanol–water partition coefficient (Wildman–Crippen LogP) is 2.29. The zero-order valence-electron chi connectivity index (χ0n) is 14.6. The first-order valence-electron chi connectivity index (χ1n) is 7.87. The fourth-order valence-electron chi connectivity index (χ4n) is 2.28. The summed E-state index contributed by atoms with van der Waals surface area (Å²) in [6.45, 7) is -0.637. The second-order valence-electron chi connectivity index (χ2n) is 5.47. The summed E-state index contributed by atoms with van der Waals surface area (Å²) in [7, 11) is -2.73. The summed E-state index contributed by atoms with van der Waals surface area (Å²) in [5.74, 6) is -1.92. The van der Waals surface area contributed by atoms with Gasteiger partial charge in [0, 0.05) is 12.2 Å². The van der Waals surface area contributed by atoms with E-state index < -0.39 is 40.3 Å². The molecule has 0 atom stereocenters. The van der Waals surface area contributed by atoms with Crippen molar-refractivity contribution in [3.05, 3.63) is 53.3 Å². The smallest absolute Gasteiger partial charge is 0.266 e. The van der Waals surface area contributed by atoms with Crippen LogP contribution in [0.25, 0.3) is 0 Å². The first-order valence-corrected chi connectivity index (χ1v) is 9.35. The molecule has 0 aliphatic rings. The Morgan fingerprint density at radius 1 is 1.21 bits per heavy atom. The van der Waals surface area contributed by atoms with Crippen molar-refractivity contribution in [2.45, 2.75) is 11.3 Å². The largest absolute Gasteiger partial charge is 0.496 e. The number of aliphatic hydroxyl groups is 1. The molecule has 28 heavy (non-hydrogen) atoms. The average Bonchev–Trinajstić information content (AvgIpc) is 2.67. The highest BCUT2D eigenvalue weighted by molar-refractivity contribution is 7.89. The highest BCUT2D eigenvalue weighted by atomic mass is 32.2. The molecule has 0 saturated carbocycles. The number of benzene rings is 2. The molecular formula is C17H17F3N2O5S. The number of aliphatic hydroxyl groups excluding tert-OH is 1. The van der Waals surface area contributed by atoms with Crippen molar-refractivity contribution in [2.24, 2.45) is 0 Å². The minimum Gasteiger partial charge on any atom is -0.496 e. The standard InChI is InChI=1S/C17H17F3N2O5S/c1-27-15-5-3-11(28(25,26)21-6-7-23)9-13(15)17(24)22-10-2-4-14(18)12(8-10)16(19)20/h2-5,8-9,16,21,23H,6-7H2,1H3,(H,22,24). The number of halogens is 3. The van der Waals surface area contributed by atoms with E-state index in [1.165, 1.54) is 19.2 Å². The number of carbonyl (C=O) groups is 1. The van der Waals surface area contributed by atoms with E-state index in [0.717, 1.165) is 24.3 Å². The van der Waals surface area contributed by atoms with Crippen LogP contribution in [-0.2, 0) is 10.0 Å². The van der Waals surface area contributed by atoms with Gasteiger partial charge in [0.15, 0.2) is 0 Å². The van der Waals surface area contributed by atoms with Gasteiger partial charge in [-0.15, -0.1) is 0 Å². The van der Waals surface area contributed by atoms with Crippen LogP contribution in [0.15, 0.2) is 41.3 Å². The molecule has 0 aromatic heterocycles. The molecular weight excluding hydrogens is 401 g/mol. The minimum absolute atomic E-state index is 0.0369. The lowest BCUT2D eigenvalue weighted by molar-refractivity contribution is 0.102. The second-order valence-corrected chi connectivity index (χ2v) is 7.24. The lowest BCUT2D eigenvalue weighted by Crippen LogP contribution is -2.27. The number of methoxy groups -OCH3 is 1. The molecule has 2 aromatic carbocycles. The van der Waals surface area contributed by atoms with Crippen LogP contribution in [-0.4, -0.2) is 39.7 Å². The Kier molecular flexibility index (Phi) is 7.00. The lowest BCUT2D eigenvalue weighted by Gasteiger charge is -2.13. The van der Waals surface area contributed by atoms with Crippen molar-refractivity contribution in [1.29, 1.82) is 0 Å². The van der Waals surface area contributed by atoms with Gasteiger partial charge in [0.2, 0.25) is 10.0 Å². The highest BCUT2D eigenvalue weighted by Crippen LogP contribution is 2.27. The molecule has 0 heterocycles. The van der Waals surface area contributed by atoms with Gasteiger partial charge < -0.3 is 15.2 Å². The van der Waals surface area contributed by atoms with Gasteiger partial charge in [0.1, 0.15) is 11.6 Å². The Morgan fingerprint density at radius 2 is 1.93 bits per heavy atom. The zero-order valence-corrected chi connectivity index (χ0v) is 15.4. The molecule has 0 saturated heterocycles. The molecule has 0 fully saturated rings. The number of alkyl halides is 2. The van der Waals surface area contributed by atoms with Gasteiger partial charge in [-0.2, -0.15) is 0 Å². The summed E-state index contributed by atoms with van der Waals surface area (Å²) < 4.78 is 70.5. The van der Waals surface area contributed by atoms with Crippen LogP contribution in [0.4, 0.5) is 18.9 Å². The Hall–Kier alpha value is -2.63. The fourth-order valence-corrected chi connectivity index (χ4v) is 3.33. The van der Waals surface area contributed by atoms with Gasteiger partial charge in [-0.25, -0.2) is 26.3 Å². The van der Waals surface area contributed by atoms with E-state index in [1.54, 1.807) is 0 Å². The number of nitrogens with one attached hydrogen (secondary N) is 2. The topological polar surface area (TPSA) is 105 Å². The quantitative estimate of drug-likeness (QED) is 0.610. The zero-order chi connectivity index (χ0) is 20.9. The van der Waals surface area contributed by atoms with Gasteiger partial charge in [-0.05, 0) is 36.4 Å². The number of ether oxygens (including phenoxy) is 1. The molecule has 0 aliphatic carbocycles. The first kappa shape index (κ1) is 21.7. The monoisotopic (exact) mass is 418 g/mol. The lowest BCUT2D eigenvalue weighted by atomic mass is 10.1. The molecule has 0 spiro atoms. The van der Waals surface area contributed by atoms with Crippen molar-refractivity contribution < 1.29 is 36.2 Å². The van der Waals surface area contributed by atoms with E-state index in [4.69, 9.17) is 9.84 Å². The van der Waals surface area contributed by atoms with Crippen molar-refractivity contribution in [2.75, 3.05) is 25.6 Å². The first-order chi connectivity index (χ1) is 13.2. The van der Waals surface area contributed by atoms with Crippen molar-refractivity contribution in [3.8, 4) is 5.75 Å². The maximum atomic E-state index is 13.4. The minimum atomic E-state index is -3.99. The van der Waals surface area contributed by atoms with Crippen molar-refractivity contribution in [3.63, 3.8) is 0 Å². The molecule has 7 nitrogen and oxygen atoms in total. The number of hydrogen-bond donors (Lipinski definition) is 3. The van der Waals surface area contributed by atoms with Crippen LogP contribution >= 0.6 is 0 Å². The summed E-state index contributed by atoms with van der Waals surface area (Å²) in [5, 5.41) is 11.1. The van der Waals surface area contributed by atoms with E-state index in [9.17, 15) is 26.4 Å². The number of carbonyl (C=O) groups excluding carboxylic acids is 1. The van der Waals surface area contributed by atoms with Gasteiger partial charge in [0.25, 0.3) is 12.3 Å². The van der Waals surface area contributed by atoms with E-state index in [1.807, 2.05) is 0 Å². The van der Waals surface area contributed by atoms with Crippen LogP contribution in [0, 0.1) is 5.82 Å². The van der Waals surface area contributed by atoms with Gasteiger partial charge >= 0.3 is 0 Å². The summed E-state index contributed by atoms with van der Waals surface area (Å²) in [6, 6.07) is 6.14. The number of anilines is 1. The Morgan fingerprint density at radius 3 is 2.54 bits per heavy atom. The van der Waals surface area contributed by atoms with Crippen LogP contribution in [0.3, 0.4) is 0 Å². The van der Waals surface area contributed by atoms with Crippen LogP contribution in [0.2, 0.25) is 0 Å². The molecule has 2 aromatic rings. The van der Waals surface area contributed by atoms with Crippen LogP contribution < -0.4 is 14.8 Å². The second kappa shape index (κ2) is 9.04. The van der Waals surface area contributed by atoms with Gasteiger partial charge in [-0.3, -0.25) is 4.79 Å². The Labute approximate surface area is 159 Å². The maximum Gasteiger partial charge on any atom is 0.266 e. The van der Waals surface area contributed by atoms with Crippen LogP contribution in [0.1, 0.15) is 22.3 Å². The normalized spacial score (nSPS) is 11.5. The van der Waals surface area contributed by atoms with E-state index in [2.05, 4.69) is 10.0 Å². The summed E-state index contributed by atoms with van der Waals surface area (Å²) in [5.41, 5.74) is -1.16.